The summed E-state index contributed by atoms with van der Waals surface area (Å²) in [6.45, 7) is 2.24. The number of piperazine rings is 1. The first-order valence-electron chi connectivity index (χ1n) is 9.62. The summed E-state index contributed by atoms with van der Waals surface area (Å²) >= 11 is 3.28. The van der Waals surface area contributed by atoms with Crippen LogP contribution in [0.4, 0.5) is 18.9 Å². The van der Waals surface area contributed by atoms with Crippen LogP contribution in [0.5, 0.6) is 0 Å². The highest BCUT2D eigenvalue weighted by molar-refractivity contribution is 9.10. The molecule has 1 heterocycles. The van der Waals surface area contributed by atoms with E-state index in [1.165, 1.54) is 16.4 Å². The normalized spacial score (nSPS) is 16.3. The Kier molecular flexibility index (Phi) is 7.40. The van der Waals surface area contributed by atoms with Gasteiger partial charge in [0.2, 0.25) is 15.9 Å². The van der Waals surface area contributed by atoms with Gasteiger partial charge in [0.1, 0.15) is 0 Å². The molecule has 0 bridgehead atoms. The van der Waals surface area contributed by atoms with Crippen LogP contribution in [0, 0.1) is 0 Å². The van der Waals surface area contributed by atoms with Crippen LogP contribution in [-0.4, -0.2) is 51.4 Å². The van der Waals surface area contributed by atoms with E-state index in [0.717, 1.165) is 21.5 Å². The van der Waals surface area contributed by atoms with E-state index in [9.17, 15) is 26.4 Å². The largest absolute Gasteiger partial charge is 0.416 e. The first kappa shape index (κ1) is 23.7. The summed E-state index contributed by atoms with van der Waals surface area (Å²) in [5, 5.41) is 2.49. The van der Waals surface area contributed by atoms with Gasteiger partial charge in [-0.3, -0.25) is 4.79 Å². The van der Waals surface area contributed by atoms with Gasteiger partial charge >= 0.3 is 6.18 Å². The second kappa shape index (κ2) is 9.68. The van der Waals surface area contributed by atoms with Gasteiger partial charge in [-0.2, -0.15) is 17.5 Å². The van der Waals surface area contributed by atoms with Crippen LogP contribution in [-0.2, 0) is 21.0 Å². The molecular weight excluding hydrogens is 499 g/mol. The standard InChI is InChI=1S/C20H21BrF3N3O3S/c21-16-4-6-18(7-5-16)31(29,30)27-12-10-26(11-13-27)9-8-19(28)25-17-3-1-2-15(14-17)20(22,23)24/h1-7,14H,8-13H2,(H,25,28)/p+1. The molecule has 2 aromatic rings. The summed E-state index contributed by atoms with van der Waals surface area (Å²) in [6.07, 6.45) is -4.34. The van der Waals surface area contributed by atoms with E-state index in [0.29, 0.717) is 32.7 Å². The number of carbonyl (C=O) groups excluding carboxylic acids is 1. The SMILES string of the molecule is O=C(CC[NH+]1CCN(S(=O)(=O)c2ccc(Br)cc2)CC1)Nc1cccc(C(F)(F)F)c1. The third-order valence-corrected chi connectivity index (χ3v) is 7.50. The Morgan fingerprint density at radius 3 is 2.35 bits per heavy atom. The lowest BCUT2D eigenvalue weighted by molar-refractivity contribution is -0.903. The maximum absolute atomic E-state index is 12.8. The average molecular weight is 521 g/mol. The van der Waals surface area contributed by atoms with Crippen molar-refractivity contribution in [1.82, 2.24) is 4.31 Å². The molecule has 11 heteroatoms. The average Bonchev–Trinajstić information content (AvgIpc) is 2.72. The van der Waals surface area contributed by atoms with Crippen molar-refractivity contribution in [2.24, 2.45) is 0 Å². The number of carbonyl (C=O) groups is 1. The number of halogens is 4. The van der Waals surface area contributed by atoms with E-state index < -0.39 is 21.8 Å². The fourth-order valence-electron chi connectivity index (χ4n) is 3.34. The fraction of sp³-hybridized carbons (Fsp3) is 0.350. The van der Waals surface area contributed by atoms with Gasteiger partial charge in [-0.1, -0.05) is 22.0 Å². The van der Waals surface area contributed by atoms with Crippen LogP contribution >= 0.6 is 15.9 Å². The van der Waals surface area contributed by atoms with E-state index in [4.69, 9.17) is 0 Å². The summed E-state index contributed by atoms with van der Waals surface area (Å²) in [7, 11) is -3.56. The molecule has 1 fully saturated rings. The van der Waals surface area contributed by atoms with Crippen molar-refractivity contribution < 1.29 is 31.3 Å². The van der Waals surface area contributed by atoms with Crippen LogP contribution in [0.2, 0.25) is 0 Å². The van der Waals surface area contributed by atoms with Crippen molar-refractivity contribution in [1.29, 1.82) is 0 Å². The van der Waals surface area contributed by atoms with Crippen LogP contribution in [0.3, 0.4) is 0 Å². The molecule has 0 radical (unpaired) electrons. The Balaban J connectivity index is 1.48. The molecule has 0 atom stereocenters. The Bertz CT molecular complexity index is 1020. The molecule has 0 aromatic heterocycles. The lowest BCUT2D eigenvalue weighted by Gasteiger charge is -2.31. The summed E-state index contributed by atoms with van der Waals surface area (Å²) in [4.78, 5) is 13.4. The summed E-state index contributed by atoms with van der Waals surface area (Å²) in [5.74, 6) is -0.378. The zero-order chi connectivity index (χ0) is 22.6. The van der Waals surface area contributed by atoms with E-state index in [-0.39, 0.29) is 22.9 Å². The van der Waals surface area contributed by atoms with Crippen LogP contribution in [0.15, 0.2) is 57.9 Å². The van der Waals surface area contributed by atoms with Gasteiger partial charge in [-0.05, 0) is 42.5 Å². The third-order valence-electron chi connectivity index (χ3n) is 5.06. The van der Waals surface area contributed by atoms with E-state index in [1.54, 1.807) is 24.3 Å². The number of sulfonamides is 1. The lowest BCUT2D eigenvalue weighted by Crippen LogP contribution is -3.14. The molecule has 6 nitrogen and oxygen atoms in total. The second-order valence-electron chi connectivity index (χ2n) is 7.23. The van der Waals surface area contributed by atoms with Crippen molar-refractivity contribution in [3.63, 3.8) is 0 Å². The minimum atomic E-state index is -4.47. The Morgan fingerprint density at radius 2 is 1.74 bits per heavy atom. The quantitative estimate of drug-likeness (QED) is 0.614. The van der Waals surface area contributed by atoms with Gasteiger partial charge in [0.15, 0.2) is 0 Å². The number of anilines is 1. The van der Waals surface area contributed by atoms with E-state index >= 15 is 0 Å². The first-order chi connectivity index (χ1) is 14.6. The number of quaternary nitrogens is 1. The number of nitrogens with zero attached hydrogens (tertiary/aromatic N) is 1. The monoisotopic (exact) mass is 520 g/mol. The first-order valence-corrected chi connectivity index (χ1v) is 11.9. The number of hydrogen-bond donors (Lipinski definition) is 2. The van der Waals surface area contributed by atoms with Gasteiger partial charge in [-0.15, -0.1) is 0 Å². The Labute approximate surface area is 187 Å². The summed E-state index contributed by atoms with van der Waals surface area (Å²) in [6, 6.07) is 11.0. The Morgan fingerprint density at radius 1 is 1.10 bits per heavy atom. The van der Waals surface area contributed by atoms with Gasteiger partial charge < -0.3 is 10.2 Å². The molecule has 0 aliphatic carbocycles. The molecule has 3 rings (SSSR count). The van der Waals surface area contributed by atoms with Crippen molar-refractivity contribution in [2.45, 2.75) is 17.5 Å². The van der Waals surface area contributed by atoms with Crippen LogP contribution < -0.4 is 10.2 Å². The zero-order valence-electron chi connectivity index (χ0n) is 16.5. The molecule has 31 heavy (non-hydrogen) atoms. The molecule has 1 saturated heterocycles. The second-order valence-corrected chi connectivity index (χ2v) is 10.1. The molecule has 0 spiro atoms. The number of rotatable bonds is 6. The molecule has 1 aliphatic heterocycles. The predicted octanol–water partition coefficient (Wildman–Crippen LogP) is 2.39. The molecule has 1 aliphatic rings. The number of amides is 1. The van der Waals surface area contributed by atoms with Crippen LogP contribution in [0.1, 0.15) is 12.0 Å². The van der Waals surface area contributed by atoms with Gasteiger partial charge in [0.05, 0.1) is 49.6 Å². The minimum Gasteiger partial charge on any atom is -0.332 e. The fourth-order valence-corrected chi connectivity index (χ4v) is 5.04. The van der Waals surface area contributed by atoms with Crippen molar-refractivity contribution in [3.05, 3.63) is 58.6 Å². The smallest absolute Gasteiger partial charge is 0.332 e. The highest BCUT2D eigenvalue weighted by Gasteiger charge is 2.31. The number of alkyl halides is 3. The van der Waals surface area contributed by atoms with Crippen LogP contribution in [0.25, 0.3) is 0 Å². The molecule has 2 aromatic carbocycles. The molecule has 168 valence electrons. The van der Waals surface area contributed by atoms with Crippen molar-refractivity contribution >= 4 is 37.5 Å². The summed E-state index contributed by atoms with van der Waals surface area (Å²) < 4.78 is 66.0. The third kappa shape index (κ3) is 6.28. The van der Waals surface area contributed by atoms with Gasteiger partial charge in [-0.25, -0.2) is 8.42 Å². The van der Waals surface area contributed by atoms with E-state index in [2.05, 4.69) is 21.2 Å². The predicted molar refractivity (Wildman–Crippen MR) is 113 cm³/mol. The van der Waals surface area contributed by atoms with Gasteiger partial charge in [0.25, 0.3) is 0 Å². The molecule has 1 amide bonds. The minimum absolute atomic E-state index is 0.0974. The topological polar surface area (TPSA) is 70.9 Å². The zero-order valence-corrected chi connectivity index (χ0v) is 18.9. The number of benzene rings is 2. The van der Waals surface area contributed by atoms with Gasteiger partial charge in [0, 0.05) is 10.2 Å². The molecular formula is C20H22BrF3N3O3S+. The maximum Gasteiger partial charge on any atom is 0.416 e. The summed E-state index contributed by atoms with van der Waals surface area (Å²) in [5.41, 5.74) is -0.723. The van der Waals surface area contributed by atoms with E-state index in [1.807, 2.05) is 0 Å². The Hall–Kier alpha value is -1.95. The molecule has 2 N–H and O–H groups in total. The lowest BCUT2D eigenvalue weighted by atomic mass is 10.2. The number of nitrogens with one attached hydrogen (secondary N) is 2. The number of hydrogen-bond acceptors (Lipinski definition) is 3. The van der Waals surface area contributed by atoms with Crippen molar-refractivity contribution in [3.8, 4) is 0 Å². The van der Waals surface area contributed by atoms with Crippen molar-refractivity contribution in [2.75, 3.05) is 38.0 Å². The highest BCUT2D eigenvalue weighted by atomic mass is 79.9. The molecule has 0 unspecified atom stereocenters. The highest BCUT2D eigenvalue weighted by Crippen LogP contribution is 2.30. The molecule has 0 saturated carbocycles. The maximum atomic E-state index is 12.8.